The molecule has 1 aliphatic rings. The first-order chi connectivity index (χ1) is 9.04. The number of benzene rings is 1. The van der Waals surface area contributed by atoms with Gasteiger partial charge in [-0.25, -0.2) is 4.39 Å². The molecule has 1 saturated carbocycles. The summed E-state index contributed by atoms with van der Waals surface area (Å²) < 4.78 is 81.6. The Labute approximate surface area is 113 Å². The van der Waals surface area contributed by atoms with E-state index in [2.05, 4.69) is 4.74 Å². The van der Waals surface area contributed by atoms with E-state index in [1.165, 1.54) is 0 Å². The van der Waals surface area contributed by atoms with Crippen LogP contribution in [0.5, 0.6) is 5.75 Å². The predicted octanol–water partition coefficient (Wildman–Crippen LogP) is 3.73. The average molecular weight is 319 g/mol. The second kappa shape index (κ2) is 4.28. The number of alkyl halides is 6. The molecular formula is C11H5ClF6O2. The maximum Gasteiger partial charge on any atom is 0.384 e. The van der Waals surface area contributed by atoms with Crippen molar-refractivity contribution in [1.82, 2.24) is 0 Å². The summed E-state index contributed by atoms with van der Waals surface area (Å²) in [6.45, 7) is 0. The van der Waals surface area contributed by atoms with Crippen LogP contribution in [0.1, 0.15) is 10.4 Å². The van der Waals surface area contributed by atoms with Crippen LogP contribution in [0.2, 0.25) is 0 Å². The fraction of sp³-hybridized carbons (Fsp3) is 0.364. The van der Waals surface area contributed by atoms with E-state index in [1.807, 2.05) is 0 Å². The van der Waals surface area contributed by atoms with Gasteiger partial charge >= 0.3 is 17.7 Å². The molecule has 0 heterocycles. The van der Waals surface area contributed by atoms with Crippen molar-refractivity contribution in [1.29, 1.82) is 0 Å². The Balaban J connectivity index is 2.24. The molecule has 1 fully saturated rings. The highest BCUT2D eigenvalue weighted by molar-refractivity contribution is 6.67. The lowest BCUT2D eigenvalue weighted by molar-refractivity contribution is -0.445. The quantitative estimate of drug-likeness (QED) is 0.627. The zero-order valence-corrected chi connectivity index (χ0v) is 10.1. The minimum absolute atomic E-state index is 0.0607. The highest BCUT2D eigenvalue weighted by atomic mass is 35.5. The predicted molar refractivity (Wildman–Crippen MR) is 55.9 cm³/mol. The first kappa shape index (κ1) is 15.0. The number of ether oxygens (including phenoxy) is 1. The van der Waals surface area contributed by atoms with Crippen molar-refractivity contribution >= 4 is 16.8 Å². The summed E-state index contributed by atoms with van der Waals surface area (Å²) in [6.07, 6.45) is -3.81. The molecule has 2 atom stereocenters. The SMILES string of the molecule is O=C(Cl)c1ccc(OC2(F)C(F)C(F)(F)C2(F)F)cc1. The largest absolute Gasteiger partial charge is 0.450 e. The molecule has 1 aromatic carbocycles. The van der Waals surface area contributed by atoms with Crippen molar-refractivity contribution in [2.75, 3.05) is 0 Å². The van der Waals surface area contributed by atoms with E-state index < -0.39 is 34.9 Å². The summed E-state index contributed by atoms with van der Waals surface area (Å²) in [6, 6.07) is 3.62. The number of carbonyl (C=O) groups excluding carboxylic acids is 1. The topological polar surface area (TPSA) is 26.3 Å². The van der Waals surface area contributed by atoms with Gasteiger partial charge in [-0.2, -0.15) is 22.0 Å². The fourth-order valence-corrected chi connectivity index (χ4v) is 1.77. The van der Waals surface area contributed by atoms with E-state index in [1.54, 1.807) is 0 Å². The van der Waals surface area contributed by atoms with Crippen molar-refractivity contribution in [2.45, 2.75) is 23.9 Å². The lowest BCUT2D eigenvalue weighted by Gasteiger charge is -2.49. The Morgan fingerprint density at radius 3 is 2.00 bits per heavy atom. The van der Waals surface area contributed by atoms with Gasteiger partial charge in [0.1, 0.15) is 5.75 Å². The normalized spacial score (nSPS) is 30.4. The van der Waals surface area contributed by atoms with Gasteiger partial charge in [0.15, 0.2) is 0 Å². The average Bonchev–Trinajstić information content (AvgIpc) is 2.37. The van der Waals surface area contributed by atoms with Gasteiger partial charge in [-0.1, -0.05) is 0 Å². The third kappa shape index (κ3) is 1.77. The van der Waals surface area contributed by atoms with Gasteiger partial charge in [-0.15, -0.1) is 0 Å². The molecule has 1 aromatic rings. The number of rotatable bonds is 3. The van der Waals surface area contributed by atoms with Crippen LogP contribution < -0.4 is 4.74 Å². The minimum atomic E-state index is -5.31. The van der Waals surface area contributed by atoms with Crippen LogP contribution in [0, 0.1) is 0 Å². The van der Waals surface area contributed by atoms with Crippen molar-refractivity contribution in [3.63, 3.8) is 0 Å². The number of hydrogen-bond acceptors (Lipinski definition) is 2. The lowest BCUT2D eigenvalue weighted by atomic mass is 9.80. The van der Waals surface area contributed by atoms with Crippen LogP contribution in [0.4, 0.5) is 26.3 Å². The fourth-order valence-electron chi connectivity index (χ4n) is 1.64. The number of carbonyl (C=O) groups is 1. The molecular weight excluding hydrogens is 314 g/mol. The standard InChI is InChI=1S/C11H5ClF6O2/c12-7(19)5-1-3-6(4-2-5)20-10(16)8(13)9(14,15)11(10,17)18/h1-4,8H. The molecule has 2 nitrogen and oxygen atoms in total. The van der Waals surface area contributed by atoms with Crippen LogP contribution in [-0.4, -0.2) is 29.1 Å². The Bertz CT molecular complexity index is 546. The van der Waals surface area contributed by atoms with E-state index in [-0.39, 0.29) is 5.56 Å². The van der Waals surface area contributed by atoms with Gasteiger partial charge in [0.25, 0.3) is 5.24 Å². The summed E-state index contributed by atoms with van der Waals surface area (Å²) >= 11 is 5.10. The summed E-state index contributed by atoms with van der Waals surface area (Å²) in [5, 5.41) is -0.879. The molecule has 0 bridgehead atoms. The molecule has 2 unspecified atom stereocenters. The maximum atomic E-state index is 13.6. The molecule has 110 valence electrons. The molecule has 1 aliphatic carbocycles. The molecule has 0 N–H and O–H groups in total. The van der Waals surface area contributed by atoms with Crippen LogP contribution in [0.3, 0.4) is 0 Å². The molecule has 0 aliphatic heterocycles. The molecule has 20 heavy (non-hydrogen) atoms. The molecule has 0 aromatic heterocycles. The molecule has 0 saturated heterocycles. The zero-order chi connectivity index (χ0) is 15.3. The second-order valence-corrected chi connectivity index (χ2v) is 4.45. The molecule has 9 heteroatoms. The van der Waals surface area contributed by atoms with Gasteiger partial charge in [-0.3, -0.25) is 4.79 Å². The highest BCUT2D eigenvalue weighted by Crippen LogP contribution is 2.61. The minimum Gasteiger partial charge on any atom is -0.450 e. The Hall–Kier alpha value is -1.44. The summed E-state index contributed by atoms with van der Waals surface area (Å²) in [5.41, 5.74) is -0.0607. The van der Waals surface area contributed by atoms with E-state index in [4.69, 9.17) is 11.6 Å². The lowest BCUT2D eigenvalue weighted by Crippen LogP contribution is -2.80. The van der Waals surface area contributed by atoms with Crippen molar-refractivity contribution in [3.8, 4) is 5.75 Å². The van der Waals surface area contributed by atoms with E-state index in [0.29, 0.717) is 0 Å². The first-order valence-electron chi connectivity index (χ1n) is 5.11. The number of halogens is 7. The summed E-state index contributed by atoms with van der Waals surface area (Å²) in [4.78, 5) is 10.7. The Morgan fingerprint density at radius 2 is 1.60 bits per heavy atom. The summed E-state index contributed by atoms with van der Waals surface area (Å²) in [7, 11) is 0. The monoisotopic (exact) mass is 318 g/mol. The van der Waals surface area contributed by atoms with Crippen molar-refractivity contribution in [2.24, 2.45) is 0 Å². The van der Waals surface area contributed by atoms with Gasteiger partial charge in [0.05, 0.1) is 0 Å². The van der Waals surface area contributed by atoms with Crippen molar-refractivity contribution < 1.29 is 35.9 Å². The molecule has 2 rings (SSSR count). The third-order valence-electron chi connectivity index (χ3n) is 2.84. The smallest absolute Gasteiger partial charge is 0.384 e. The van der Waals surface area contributed by atoms with Gasteiger partial charge in [0.2, 0.25) is 6.17 Å². The van der Waals surface area contributed by atoms with Gasteiger partial charge in [-0.05, 0) is 35.9 Å². The Morgan fingerprint density at radius 1 is 1.10 bits per heavy atom. The second-order valence-electron chi connectivity index (χ2n) is 4.11. The summed E-state index contributed by atoms with van der Waals surface area (Å²) in [5.74, 6) is -15.6. The van der Waals surface area contributed by atoms with Crippen LogP contribution in [-0.2, 0) is 0 Å². The van der Waals surface area contributed by atoms with E-state index >= 15 is 0 Å². The molecule has 0 amide bonds. The highest BCUT2D eigenvalue weighted by Gasteiger charge is 2.92. The molecule has 0 radical (unpaired) electrons. The van der Waals surface area contributed by atoms with Crippen LogP contribution in [0.25, 0.3) is 0 Å². The van der Waals surface area contributed by atoms with E-state index in [0.717, 1.165) is 24.3 Å². The zero-order valence-electron chi connectivity index (χ0n) is 9.35. The number of hydrogen-bond donors (Lipinski definition) is 0. The molecule has 0 spiro atoms. The maximum absolute atomic E-state index is 13.6. The Kier molecular flexibility index (Phi) is 3.20. The van der Waals surface area contributed by atoms with Gasteiger partial charge in [0, 0.05) is 5.56 Å². The van der Waals surface area contributed by atoms with Crippen LogP contribution >= 0.6 is 11.6 Å². The third-order valence-corrected chi connectivity index (χ3v) is 3.06. The first-order valence-corrected chi connectivity index (χ1v) is 5.49. The van der Waals surface area contributed by atoms with Gasteiger partial charge < -0.3 is 4.74 Å². The van der Waals surface area contributed by atoms with Crippen LogP contribution in [0.15, 0.2) is 24.3 Å². The van der Waals surface area contributed by atoms with E-state index in [9.17, 15) is 31.1 Å². The van der Waals surface area contributed by atoms with Crippen molar-refractivity contribution in [3.05, 3.63) is 29.8 Å².